The Kier molecular flexibility index (Phi) is 4.01. The van der Waals surface area contributed by atoms with Crippen LogP contribution >= 0.6 is 11.3 Å². The van der Waals surface area contributed by atoms with Gasteiger partial charge in [-0.15, -0.1) is 11.3 Å². The average Bonchev–Trinajstić information content (AvgIpc) is 3.17. The summed E-state index contributed by atoms with van der Waals surface area (Å²) in [6.07, 6.45) is 2.00. The van der Waals surface area contributed by atoms with E-state index >= 15 is 0 Å². The maximum absolute atomic E-state index is 12.8. The molecule has 0 atom stereocenters. The normalized spacial score (nSPS) is 13.5. The Labute approximate surface area is 129 Å². The van der Waals surface area contributed by atoms with Crippen LogP contribution in [0.25, 0.3) is 0 Å². The van der Waals surface area contributed by atoms with Crippen molar-refractivity contribution < 1.29 is 14.0 Å². The summed E-state index contributed by atoms with van der Waals surface area (Å²) in [6.45, 7) is 0. The lowest BCUT2D eigenvalue weighted by Crippen LogP contribution is -2.25. The van der Waals surface area contributed by atoms with E-state index in [1.807, 2.05) is 0 Å². The van der Waals surface area contributed by atoms with Crippen LogP contribution in [-0.4, -0.2) is 23.0 Å². The molecule has 0 aliphatic heterocycles. The Morgan fingerprint density at radius 2 is 1.91 bits per heavy atom. The van der Waals surface area contributed by atoms with Crippen LogP contribution in [0.15, 0.2) is 29.6 Å². The average molecular weight is 320 g/mol. The molecule has 6 nitrogen and oxygen atoms in total. The van der Waals surface area contributed by atoms with E-state index in [0.717, 1.165) is 24.2 Å². The molecule has 0 radical (unpaired) electrons. The minimum atomic E-state index is -0.505. The van der Waals surface area contributed by atoms with Gasteiger partial charge >= 0.3 is 6.03 Å². The predicted octanol–water partition coefficient (Wildman–Crippen LogP) is 2.82. The lowest BCUT2D eigenvalue weighted by Gasteiger charge is -2.05. The number of carbonyl (C=O) groups excluding carboxylic acids is 2. The summed E-state index contributed by atoms with van der Waals surface area (Å²) in [5.41, 5.74) is 0.746. The van der Waals surface area contributed by atoms with Gasteiger partial charge in [-0.3, -0.25) is 10.1 Å². The Hall–Kier alpha value is -2.48. The number of urea groups is 1. The Bertz CT molecular complexity index is 697. The van der Waals surface area contributed by atoms with Gasteiger partial charge in [0.2, 0.25) is 0 Å². The number of nitrogens with one attached hydrogen (secondary N) is 3. The van der Waals surface area contributed by atoms with E-state index in [-0.39, 0.29) is 23.5 Å². The van der Waals surface area contributed by atoms with Gasteiger partial charge in [0.25, 0.3) is 5.91 Å². The van der Waals surface area contributed by atoms with Crippen molar-refractivity contribution in [3.8, 4) is 0 Å². The molecule has 1 aliphatic carbocycles. The van der Waals surface area contributed by atoms with Crippen molar-refractivity contribution in [1.29, 1.82) is 0 Å². The van der Waals surface area contributed by atoms with Crippen LogP contribution in [0.3, 0.4) is 0 Å². The Balaban J connectivity index is 1.55. The van der Waals surface area contributed by atoms with E-state index in [4.69, 9.17) is 0 Å². The van der Waals surface area contributed by atoms with Crippen LogP contribution in [0.2, 0.25) is 0 Å². The number of carbonyl (C=O) groups is 2. The van der Waals surface area contributed by atoms with Gasteiger partial charge < -0.3 is 10.6 Å². The van der Waals surface area contributed by atoms with Crippen molar-refractivity contribution in [2.24, 2.45) is 0 Å². The van der Waals surface area contributed by atoms with Gasteiger partial charge in [0.05, 0.1) is 0 Å². The lowest BCUT2D eigenvalue weighted by molar-refractivity contribution is 0.0947. The summed E-state index contributed by atoms with van der Waals surface area (Å²) in [5.74, 6) is -0.608. The number of hydrogen-bond donors (Lipinski definition) is 3. The topological polar surface area (TPSA) is 83.1 Å². The van der Waals surface area contributed by atoms with E-state index in [0.29, 0.717) is 10.8 Å². The number of rotatable bonds is 4. The van der Waals surface area contributed by atoms with Crippen molar-refractivity contribution in [3.05, 3.63) is 41.2 Å². The number of hydrogen-bond acceptors (Lipinski definition) is 4. The van der Waals surface area contributed by atoms with Crippen LogP contribution in [-0.2, 0) is 0 Å². The minimum absolute atomic E-state index is 0.231. The van der Waals surface area contributed by atoms with Crippen molar-refractivity contribution in [1.82, 2.24) is 10.3 Å². The monoisotopic (exact) mass is 320 g/mol. The highest BCUT2D eigenvalue weighted by Crippen LogP contribution is 2.21. The zero-order valence-corrected chi connectivity index (χ0v) is 12.2. The summed E-state index contributed by atoms with van der Waals surface area (Å²) >= 11 is 1.16. The van der Waals surface area contributed by atoms with Crippen LogP contribution < -0.4 is 16.0 Å². The molecule has 8 heteroatoms. The lowest BCUT2D eigenvalue weighted by atomic mass is 10.3. The zero-order chi connectivity index (χ0) is 15.5. The van der Waals surface area contributed by atoms with E-state index in [2.05, 4.69) is 20.9 Å². The van der Waals surface area contributed by atoms with Crippen LogP contribution in [0.4, 0.5) is 20.0 Å². The minimum Gasteiger partial charge on any atom is -0.348 e. The SMILES string of the molecule is O=C(Nc1ccc(F)cc1)Nc1nc(C(=O)NC2CC2)cs1. The number of aromatic nitrogens is 1. The number of anilines is 2. The molecule has 1 saturated carbocycles. The third kappa shape index (κ3) is 3.79. The first kappa shape index (κ1) is 14.5. The van der Waals surface area contributed by atoms with Crippen LogP contribution in [0.5, 0.6) is 0 Å². The number of amides is 3. The molecule has 22 heavy (non-hydrogen) atoms. The number of thiazole rings is 1. The van der Waals surface area contributed by atoms with Crippen molar-refractivity contribution in [2.45, 2.75) is 18.9 Å². The summed E-state index contributed by atoms with van der Waals surface area (Å²) in [6, 6.07) is 5.15. The molecule has 1 aliphatic rings. The molecule has 0 saturated heterocycles. The maximum Gasteiger partial charge on any atom is 0.325 e. The van der Waals surface area contributed by atoms with Crippen molar-refractivity contribution in [2.75, 3.05) is 10.6 Å². The second kappa shape index (κ2) is 6.10. The third-order valence-electron chi connectivity index (χ3n) is 2.97. The molecular weight excluding hydrogens is 307 g/mol. The van der Waals surface area contributed by atoms with Gasteiger partial charge in [-0.2, -0.15) is 0 Å². The molecule has 0 bridgehead atoms. The van der Waals surface area contributed by atoms with Gasteiger partial charge in [-0.1, -0.05) is 0 Å². The molecular formula is C14H13FN4O2S. The highest BCUT2D eigenvalue weighted by Gasteiger charge is 2.24. The van der Waals surface area contributed by atoms with E-state index in [9.17, 15) is 14.0 Å². The van der Waals surface area contributed by atoms with Gasteiger partial charge in [-0.25, -0.2) is 14.2 Å². The van der Waals surface area contributed by atoms with E-state index in [1.54, 1.807) is 5.38 Å². The predicted molar refractivity (Wildman–Crippen MR) is 81.6 cm³/mol. The van der Waals surface area contributed by atoms with Gasteiger partial charge in [0.1, 0.15) is 11.5 Å². The first-order valence-corrected chi connectivity index (χ1v) is 7.58. The third-order valence-corrected chi connectivity index (χ3v) is 3.73. The van der Waals surface area contributed by atoms with Gasteiger partial charge in [0, 0.05) is 17.1 Å². The molecule has 114 valence electrons. The fraction of sp³-hybridized carbons (Fsp3) is 0.214. The Morgan fingerprint density at radius 3 is 2.59 bits per heavy atom. The standard InChI is InChI=1S/C14H13FN4O2S/c15-8-1-3-10(4-2-8)17-13(21)19-14-18-11(7-22-14)12(20)16-9-5-6-9/h1-4,7,9H,5-6H2,(H,16,20)(H2,17,18,19,21). The highest BCUT2D eigenvalue weighted by atomic mass is 32.1. The second-order valence-electron chi connectivity index (χ2n) is 4.87. The molecule has 3 N–H and O–H groups in total. The first-order chi connectivity index (χ1) is 10.6. The number of nitrogens with zero attached hydrogens (tertiary/aromatic N) is 1. The summed E-state index contributed by atoms with van der Waals surface area (Å²) in [7, 11) is 0. The Morgan fingerprint density at radius 1 is 1.18 bits per heavy atom. The second-order valence-corrected chi connectivity index (χ2v) is 5.73. The zero-order valence-electron chi connectivity index (χ0n) is 11.4. The van der Waals surface area contributed by atoms with Crippen LogP contribution in [0, 0.1) is 5.82 Å². The number of benzene rings is 1. The summed E-state index contributed by atoms with van der Waals surface area (Å²) < 4.78 is 12.8. The van der Waals surface area contributed by atoms with Gasteiger partial charge in [-0.05, 0) is 37.1 Å². The highest BCUT2D eigenvalue weighted by molar-refractivity contribution is 7.14. The molecule has 2 aromatic rings. The van der Waals surface area contributed by atoms with Crippen molar-refractivity contribution in [3.63, 3.8) is 0 Å². The summed E-state index contributed by atoms with van der Waals surface area (Å²) in [5, 5.41) is 9.81. The fourth-order valence-electron chi connectivity index (χ4n) is 1.72. The fourth-order valence-corrected chi connectivity index (χ4v) is 2.40. The van der Waals surface area contributed by atoms with Crippen LogP contribution in [0.1, 0.15) is 23.3 Å². The molecule has 1 fully saturated rings. The number of halogens is 1. The van der Waals surface area contributed by atoms with E-state index in [1.165, 1.54) is 24.3 Å². The smallest absolute Gasteiger partial charge is 0.325 e. The summed E-state index contributed by atoms with van der Waals surface area (Å²) in [4.78, 5) is 27.6. The molecule has 0 unspecified atom stereocenters. The molecule has 3 rings (SSSR count). The van der Waals surface area contributed by atoms with Crippen molar-refractivity contribution >= 4 is 34.1 Å². The molecule has 0 spiro atoms. The molecule has 1 heterocycles. The largest absolute Gasteiger partial charge is 0.348 e. The molecule has 3 amide bonds. The quantitative estimate of drug-likeness (QED) is 0.810. The molecule has 1 aromatic carbocycles. The van der Waals surface area contributed by atoms with E-state index < -0.39 is 6.03 Å². The molecule has 1 aromatic heterocycles. The first-order valence-electron chi connectivity index (χ1n) is 6.70. The van der Waals surface area contributed by atoms with Gasteiger partial charge in [0.15, 0.2) is 5.13 Å². The maximum atomic E-state index is 12.8.